The maximum atomic E-state index is 12.4. The molecule has 0 fully saturated rings. The highest BCUT2D eigenvalue weighted by molar-refractivity contribution is 6.32. The summed E-state index contributed by atoms with van der Waals surface area (Å²) in [5.74, 6) is 0.275. The number of H-pyrrole nitrogens is 2. The van der Waals surface area contributed by atoms with Gasteiger partial charge in [0.05, 0.1) is 17.7 Å². The summed E-state index contributed by atoms with van der Waals surface area (Å²) in [6.45, 7) is 0.252. The van der Waals surface area contributed by atoms with Crippen molar-refractivity contribution in [3.8, 4) is 22.7 Å². The Kier molecular flexibility index (Phi) is 6.27. The Morgan fingerprint density at radius 2 is 1.89 bits per heavy atom. The SMILES string of the molecule is O=C(NCc1nc(-c2ccc3[nH]c(=O)cc(O)c3c2)c(Cl)[nH]1)NCc1cc(Cl)ccc1-n1cnnn1. The smallest absolute Gasteiger partial charge is 0.315 e. The van der Waals surface area contributed by atoms with Crippen LogP contribution in [0.25, 0.3) is 27.8 Å². The van der Waals surface area contributed by atoms with Gasteiger partial charge in [0, 0.05) is 28.6 Å². The first-order valence-corrected chi connectivity index (χ1v) is 11.3. The average Bonchev–Trinajstić information content (AvgIpc) is 3.51. The second-order valence-corrected chi connectivity index (χ2v) is 8.50. The van der Waals surface area contributed by atoms with Crippen LogP contribution < -0.4 is 16.2 Å². The molecule has 0 aliphatic rings. The molecule has 0 saturated heterocycles. The summed E-state index contributed by atoms with van der Waals surface area (Å²) in [6, 6.07) is 10.9. The number of aromatic hydroxyl groups is 1. The van der Waals surface area contributed by atoms with Gasteiger partial charge in [0.15, 0.2) is 0 Å². The van der Waals surface area contributed by atoms with Crippen LogP contribution in [0.2, 0.25) is 10.2 Å². The highest BCUT2D eigenvalue weighted by Gasteiger charge is 2.14. The van der Waals surface area contributed by atoms with E-state index >= 15 is 0 Å². The number of hydrogen-bond acceptors (Lipinski definition) is 7. The third-order valence-corrected chi connectivity index (χ3v) is 5.81. The van der Waals surface area contributed by atoms with E-state index in [4.69, 9.17) is 23.2 Å². The van der Waals surface area contributed by atoms with Gasteiger partial charge in [-0.25, -0.2) is 14.5 Å². The number of urea groups is 1. The minimum atomic E-state index is -0.439. The summed E-state index contributed by atoms with van der Waals surface area (Å²) in [5, 5.41) is 27.9. The first-order chi connectivity index (χ1) is 17.4. The van der Waals surface area contributed by atoms with Crippen LogP contribution in [-0.2, 0) is 13.1 Å². The molecule has 0 radical (unpaired) electrons. The molecule has 0 aliphatic carbocycles. The standard InChI is InChI=1S/C22H17Cl2N9O3/c23-13-2-4-16(33-10-27-31-32-33)12(5-13)8-25-22(36)26-9-18-29-20(21(24)30-18)11-1-3-15-14(6-11)17(34)7-19(35)28-15/h1-7,10H,8-9H2,(H,29,30)(H2,25,26,36)(H2,28,34,35). The van der Waals surface area contributed by atoms with Gasteiger partial charge in [-0.2, -0.15) is 0 Å². The van der Waals surface area contributed by atoms with Crippen molar-refractivity contribution in [3.05, 3.63) is 80.7 Å². The monoisotopic (exact) mass is 525 g/mol. The minimum Gasteiger partial charge on any atom is -0.507 e. The first-order valence-electron chi connectivity index (χ1n) is 10.5. The summed E-state index contributed by atoms with van der Waals surface area (Å²) in [7, 11) is 0. The van der Waals surface area contributed by atoms with Crippen LogP contribution in [0, 0.1) is 0 Å². The number of amides is 2. The molecule has 3 aromatic heterocycles. The van der Waals surface area contributed by atoms with E-state index in [0.717, 1.165) is 6.07 Å². The maximum Gasteiger partial charge on any atom is 0.315 e. The lowest BCUT2D eigenvalue weighted by Crippen LogP contribution is -2.35. The second kappa shape index (κ2) is 9.68. The maximum absolute atomic E-state index is 12.4. The van der Waals surface area contributed by atoms with Crippen molar-refractivity contribution >= 4 is 40.1 Å². The fraction of sp³-hybridized carbons (Fsp3) is 0.0909. The third kappa shape index (κ3) is 4.85. The molecule has 0 saturated carbocycles. The molecule has 5 rings (SSSR count). The van der Waals surface area contributed by atoms with Crippen LogP contribution in [0.5, 0.6) is 5.75 Å². The molecule has 0 bridgehead atoms. The lowest BCUT2D eigenvalue weighted by molar-refractivity contribution is 0.240. The number of hydrogen-bond donors (Lipinski definition) is 5. The van der Waals surface area contributed by atoms with E-state index in [1.165, 1.54) is 11.0 Å². The number of halogens is 2. The predicted molar refractivity (Wildman–Crippen MR) is 132 cm³/mol. The number of pyridine rings is 1. The first kappa shape index (κ1) is 23.3. The molecule has 14 heteroatoms. The Labute approximate surface area is 212 Å². The van der Waals surface area contributed by atoms with E-state index in [0.29, 0.717) is 44.3 Å². The van der Waals surface area contributed by atoms with Crippen LogP contribution in [0.15, 0.2) is 53.6 Å². The molecule has 5 N–H and O–H groups in total. The zero-order chi connectivity index (χ0) is 25.2. The Balaban J connectivity index is 1.25. The predicted octanol–water partition coefficient (Wildman–Crippen LogP) is 2.91. The Morgan fingerprint density at radius 1 is 1.06 bits per heavy atom. The van der Waals surface area contributed by atoms with Crippen LogP contribution >= 0.6 is 23.2 Å². The molecule has 2 amide bonds. The molecule has 182 valence electrons. The van der Waals surface area contributed by atoms with Gasteiger partial charge in [-0.1, -0.05) is 29.3 Å². The molecule has 0 atom stereocenters. The average molecular weight is 526 g/mol. The minimum absolute atomic E-state index is 0.0765. The molecule has 2 aromatic carbocycles. The number of fused-ring (bicyclic) bond motifs is 1. The van der Waals surface area contributed by atoms with Crippen molar-refractivity contribution in [1.29, 1.82) is 0 Å². The molecule has 0 spiro atoms. The van der Waals surface area contributed by atoms with Crippen LogP contribution in [-0.4, -0.2) is 46.3 Å². The normalized spacial score (nSPS) is 11.1. The number of rotatable bonds is 6. The molecular weight excluding hydrogens is 509 g/mol. The topological polar surface area (TPSA) is 166 Å². The fourth-order valence-electron chi connectivity index (χ4n) is 3.65. The van der Waals surface area contributed by atoms with Crippen LogP contribution in [0.3, 0.4) is 0 Å². The molecular formula is C22H17Cl2N9O3. The largest absolute Gasteiger partial charge is 0.507 e. The number of nitrogens with zero attached hydrogens (tertiary/aromatic N) is 5. The van der Waals surface area contributed by atoms with Gasteiger partial charge in [0.2, 0.25) is 0 Å². The summed E-state index contributed by atoms with van der Waals surface area (Å²) >= 11 is 12.4. The van der Waals surface area contributed by atoms with E-state index in [2.05, 4.69) is 41.1 Å². The number of carbonyl (C=O) groups is 1. The molecule has 12 nitrogen and oxygen atoms in total. The fourth-order valence-corrected chi connectivity index (χ4v) is 4.10. The number of carbonyl (C=O) groups excluding carboxylic acids is 1. The summed E-state index contributed by atoms with van der Waals surface area (Å²) < 4.78 is 1.47. The number of benzene rings is 2. The molecule has 3 heterocycles. The van der Waals surface area contributed by atoms with E-state index < -0.39 is 11.6 Å². The molecule has 36 heavy (non-hydrogen) atoms. The quantitative estimate of drug-likeness (QED) is 0.227. The Bertz CT molecular complexity index is 1630. The molecule has 0 aliphatic heterocycles. The summed E-state index contributed by atoms with van der Waals surface area (Å²) in [5.41, 5.74) is 2.53. The van der Waals surface area contributed by atoms with E-state index in [1.807, 2.05) is 0 Å². The highest BCUT2D eigenvalue weighted by atomic mass is 35.5. The molecule has 0 unspecified atom stereocenters. The number of aromatic nitrogens is 7. The van der Waals surface area contributed by atoms with Crippen molar-refractivity contribution in [1.82, 2.24) is 45.8 Å². The number of nitrogens with one attached hydrogen (secondary N) is 4. The van der Waals surface area contributed by atoms with Gasteiger partial charge in [0.25, 0.3) is 5.56 Å². The van der Waals surface area contributed by atoms with Gasteiger partial charge >= 0.3 is 6.03 Å². The van der Waals surface area contributed by atoms with Gasteiger partial charge in [-0.3, -0.25) is 4.79 Å². The van der Waals surface area contributed by atoms with Crippen LogP contribution in [0.1, 0.15) is 11.4 Å². The van der Waals surface area contributed by atoms with Crippen molar-refractivity contribution in [2.45, 2.75) is 13.1 Å². The number of imidazole rings is 1. The summed E-state index contributed by atoms with van der Waals surface area (Å²) in [6.07, 6.45) is 1.45. The Morgan fingerprint density at radius 3 is 2.69 bits per heavy atom. The zero-order valence-electron chi connectivity index (χ0n) is 18.3. The Hall–Kier alpha value is -4.42. The van der Waals surface area contributed by atoms with Crippen LogP contribution in [0.4, 0.5) is 4.79 Å². The summed E-state index contributed by atoms with van der Waals surface area (Å²) in [4.78, 5) is 34.0. The van der Waals surface area contributed by atoms with Gasteiger partial charge < -0.3 is 25.7 Å². The van der Waals surface area contributed by atoms with Gasteiger partial charge in [-0.05, 0) is 46.3 Å². The number of aromatic amines is 2. The van der Waals surface area contributed by atoms with E-state index in [1.54, 1.807) is 36.4 Å². The highest BCUT2D eigenvalue weighted by Crippen LogP contribution is 2.30. The third-order valence-electron chi connectivity index (χ3n) is 5.30. The van der Waals surface area contributed by atoms with Gasteiger partial charge in [0.1, 0.15) is 28.7 Å². The number of tetrazole rings is 1. The van der Waals surface area contributed by atoms with E-state index in [9.17, 15) is 14.7 Å². The second-order valence-electron chi connectivity index (χ2n) is 7.69. The van der Waals surface area contributed by atoms with Crippen molar-refractivity contribution in [2.24, 2.45) is 0 Å². The molecule has 5 aromatic rings. The zero-order valence-corrected chi connectivity index (χ0v) is 19.8. The lowest BCUT2D eigenvalue weighted by atomic mass is 10.1. The van der Waals surface area contributed by atoms with Crippen molar-refractivity contribution in [3.63, 3.8) is 0 Å². The van der Waals surface area contributed by atoms with Crippen molar-refractivity contribution < 1.29 is 9.90 Å². The van der Waals surface area contributed by atoms with E-state index in [-0.39, 0.29) is 24.0 Å². The van der Waals surface area contributed by atoms with Gasteiger partial charge in [-0.15, -0.1) is 5.10 Å². The lowest BCUT2D eigenvalue weighted by Gasteiger charge is -2.11. The van der Waals surface area contributed by atoms with Crippen molar-refractivity contribution in [2.75, 3.05) is 0 Å².